The fourth-order valence-corrected chi connectivity index (χ4v) is 1.40. The van der Waals surface area contributed by atoms with Crippen LogP contribution < -0.4 is 0 Å². The summed E-state index contributed by atoms with van der Waals surface area (Å²) < 4.78 is 4.86. The lowest BCUT2D eigenvalue weighted by molar-refractivity contribution is -0.148. The molecular formula is C9H14N2O2. The van der Waals surface area contributed by atoms with Crippen molar-refractivity contribution in [2.24, 2.45) is 5.92 Å². The first-order valence-electron chi connectivity index (χ1n) is 4.47. The molecule has 1 fully saturated rings. The minimum atomic E-state index is -0.222. The quantitative estimate of drug-likeness (QED) is 0.633. The Morgan fingerprint density at radius 1 is 1.54 bits per heavy atom. The summed E-state index contributed by atoms with van der Waals surface area (Å²) in [5.74, 6) is -0.415. The second kappa shape index (κ2) is 4.16. The molecule has 2 N–H and O–H groups in total. The summed E-state index contributed by atoms with van der Waals surface area (Å²) in [6, 6.07) is 0. The molecule has 0 amide bonds. The van der Waals surface area contributed by atoms with Gasteiger partial charge in [0.15, 0.2) is 0 Å². The highest BCUT2D eigenvalue weighted by molar-refractivity contribution is 6.40. The summed E-state index contributed by atoms with van der Waals surface area (Å²) in [5, 5.41) is 14.8. The van der Waals surface area contributed by atoms with E-state index < -0.39 is 0 Å². The van der Waals surface area contributed by atoms with E-state index in [9.17, 15) is 4.79 Å². The predicted molar refractivity (Wildman–Crippen MR) is 49.4 cm³/mol. The molecule has 0 aliphatic heterocycles. The minimum Gasteiger partial charge on any atom is -0.466 e. The van der Waals surface area contributed by atoms with Crippen molar-refractivity contribution in [2.75, 3.05) is 6.61 Å². The van der Waals surface area contributed by atoms with E-state index in [0.29, 0.717) is 31.6 Å². The van der Waals surface area contributed by atoms with Crippen LogP contribution in [0.15, 0.2) is 0 Å². The Bertz CT molecular complexity index is 248. The molecule has 0 aromatic rings. The van der Waals surface area contributed by atoms with E-state index in [1.165, 1.54) is 0 Å². The topological polar surface area (TPSA) is 74.0 Å². The first-order chi connectivity index (χ1) is 6.15. The van der Waals surface area contributed by atoms with Crippen LogP contribution in [0.1, 0.15) is 26.2 Å². The van der Waals surface area contributed by atoms with Gasteiger partial charge in [0, 0.05) is 6.42 Å². The van der Waals surface area contributed by atoms with Crippen LogP contribution in [0.25, 0.3) is 0 Å². The molecule has 1 aliphatic rings. The third-order valence-corrected chi connectivity index (χ3v) is 2.18. The number of hydrogen-bond acceptors (Lipinski definition) is 4. The van der Waals surface area contributed by atoms with Crippen molar-refractivity contribution in [3.63, 3.8) is 0 Å². The van der Waals surface area contributed by atoms with Gasteiger partial charge >= 0.3 is 5.97 Å². The Kier molecular flexibility index (Phi) is 3.17. The summed E-state index contributed by atoms with van der Waals surface area (Å²) in [7, 11) is 0. The monoisotopic (exact) mass is 182 g/mol. The molecule has 1 rings (SSSR count). The van der Waals surface area contributed by atoms with Gasteiger partial charge in [-0.15, -0.1) is 0 Å². The number of carbonyl (C=O) groups excluding carboxylic acids is 1. The van der Waals surface area contributed by atoms with E-state index in [1.54, 1.807) is 6.92 Å². The smallest absolute Gasteiger partial charge is 0.309 e. The Hall–Kier alpha value is -1.19. The summed E-state index contributed by atoms with van der Waals surface area (Å²) in [6.45, 7) is 2.16. The maximum atomic E-state index is 11.3. The number of esters is 1. The lowest BCUT2D eigenvalue weighted by Gasteiger charge is -2.21. The number of rotatable bonds is 2. The van der Waals surface area contributed by atoms with Crippen molar-refractivity contribution in [1.29, 1.82) is 10.8 Å². The summed E-state index contributed by atoms with van der Waals surface area (Å²) in [4.78, 5) is 11.3. The average molecular weight is 182 g/mol. The highest BCUT2D eigenvalue weighted by atomic mass is 16.5. The average Bonchev–Trinajstić information content (AvgIpc) is 2.10. The van der Waals surface area contributed by atoms with Crippen LogP contribution in [0.5, 0.6) is 0 Å². The predicted octanol–water partition coefficient (Wildman–Crippen LogP) is 1.39. The van der Waals surface area contributed by atoms with E-state index in [-0.39, 0.29) is 17.6 Å². The number of nitrogens with one attached hydrogen (secondary N) is 2. The Morgan fingerprint density at radius 2 is 2.23 bits per heavy atom. The third-order valence-electron chi connectivity index (χ3n) is 2.18. The van der Waals surface area contributed by atoms with Gasteiger partial charge in [-0.25, -0.2) is 0 Å². The molecular weight excluding hydrogens is 168 g/mol. The van der Waals surface area contributed by atoms with Crippen LogP contribution in [-0.4, -0.2) is 24.0 Å². The van der Waals surface area contributed by atoms with Crippen molar-refractivity contribution >= 4 is 17.4 Å². The Balaban J connectivity index is 2.50. The summed E-state index contributed by atoms with van der Waals surface area (Å²) in [6.07, 6.45) is 1.56. The molecule has 0 radical (unpaired) electrons. The molecule has 0 spiro atoms. The zero-order chi connectivity index (χ0) is 9.84. The van der Waals surface area contributed by atoms with Gasteiger partial charge in [0.05, 0.1) is 23.9 Å². The van der Waals surface area contributed by atoms with Crippen LogP contribution >= 0.6 is 0 Å². The molecule has 0 aromatic heterocycles. The molecule has 4 heteroatoms. The van der Waals surface area contributed by atoms with Gasteiger partial charge in [-0.3, -0.25) is 4.79 Å². The zero-order valence-electron chi connectivity index (χ0n) is 7.72. The van der Waals surface area contributed by atoms with E-state index >= 15 is 0 Å². The largest absolute Gasteiger partial charge is 0.466 e. The van der Waals surface area contributed by atoms with Crippen molar-refractivity contribution in [3.05, 3.63) is 0 Å². The first kappa shape index (κ1) is 9.89. The highest BCUT2D eigenvalue weighted by Crippen LogP contribution is 2.20. The fourth-order valence-electron chi connectivity index (χ4n) is 1.40. The number of ether oxygens (including phenoxy) is 1. The van der Waals surface area contributed by atoms with E-state index in [2.05, 4.69) is 0 Å². The second-order valence-corrected chi connectivity index (χ2v) is 3.15. The normalized spacial score (nSPS) is 23.0. The second-order valence-electron chi connectivity index (χ2n) is 3.15. The van der Waals surface area contributed by atoms with Gasteiger partial charge in [-0.1, -0.05) is 0 Å². The van der Waals surface area contributed by atoms with Crippen molar-refractivity contribution < 1.29 is 9.53 Å². The van der Waals surface area contributed by atoms with Crippen molar-refractivity contribution in [3.8, 4) is 0 Å². The van der Waals surface area contributed by atoms with Gasteiger partial charge in [0.2, 0.25) is 0 Å². The minimum absolute atomic E-state index is 0.193. The lowest BCUT2D eigenvalue weighted by Crippen LogP contribution is -2.29. The third kappa shape index (κ3) is 2.37. The summed E-state index contributed by atoms with van der Waals surface area (Å²) >= 11 is 0. The maximum absolute atomic E-state index is 11.3. The highest BCUT2D eigenvalue weighted by Gasteiger charge is 2.27. The van der Waals surface area contributed by atoms with Crippen LogP contribution in [0.3, 0.4) is 0 Å². The van der Waals surface area contributed by atoms with Gasteiger partial charge < -0.3 is 15.6 Å². The molecule has 72 valence electrons. The standard InChI is InChI=1S/C9H14N2O2/c1-2-13-9(12)6-3-4-7(10)8(11)5-6/h6,10-11H,2-5H2,1H3. The number of carbonyl (C=O) groups is 1. The molecule has 13 heavy (non-hydrogen) atoms. The van der Waals surface area contributed by atoms with Gasteiger partial charge in [0.1, 0.15) is 0 Å². The van der Waals surface area contributed by atoms with E-state index in [0.717, 1.165) is 0 Å². The SMILES string of the molecule is CCOC(=O)C1CCC(=N)C(=N)C1. The molecule has 1 atom stereocenters. The zero-order valence-corrected chi connectivity index (χ0v) is 7.72. The molecule has 0 bridgehead atoms. The molecule has 4 nitrogen and oxygen atoms in total. The molecule has 0 saturated heterocycles. The van der Waals surface area contributed by atoms with Crippen LogP contribution in [0.4, 0.5) is 0 Å². The van der Waals surface area contributed by atoms with Crippen LogP contribution in [-0.2, 0) is 9.53 Å². The van der Waals surface area contributed by atoms with Crippen molar-refractivity contribution in [1.82, 2.24) is 0 Å². The molecule has 1 unspecified atom stereocenters. The molecule has 0 heterocycles. The van der Waals surface area contributed by atoms with E-state index in [4.69, 9.17) is 15.6 Å². The van der Waals surface area contributed by atoms with Gasteiger partial charge in [-0.2, -0.15) is 0 Å². The van der Waals surface area contributed by atoms with Crippen molar-refractivity contribution in [2.45, 2.75) is 26.2 Å². The number of hydrogen-bond donors (Lipinski definition) is 2. The van der Waals surface area contributed by atoms with Crippen LogP contribution in [0, 0.1) is 16.7 Å². The first-order valence-corrected chi connectivity index (χ1v) is 4.47. The molecule has 0 aromatic carbocycles. The van der Waals surface area contributed by atoms with Gasteiger partial charge in [-0.05, 0) is 19.8 Å². The van der Waals surface area contributed by atoms with E-state index in [1.807, 2.05) is 0 Å². The molecule has 1 aliphatic carbocycles. The van der Waals surface area contributed by atoms with Crippen LogP contribution in [0.2, 0.25) is 0 Å². The Labute approximate surface area is 77.3 Å². The fraction of sp³-hybridized carbons (Fsp3) is 0.667. The molecule has 1 saturated carbocycles. The lowest BCUT2D eigenvalue weighted by atomic mass is 9.86. The summed E-state index contributed by atoms with van der Waals surface area (Å²) in [5.41, 5.74) is 0.643. The maximum Gasteiger partial charge on any atom is 0.309 e. The Morgan fingerprint density at radius 3 is 2.77 bits per heavy atom. The van der Waals surface area contributed by atoms with Gasteiger partial charge in [0.25, 0.3) is 0 Å².